The van der Waals surface area contributed by atoms with Gasteiger partial charge in [0.05, 0.1) is 7.11 Å². The second-order valence-electron chi connectivity index (χ2n) is 0.596. The van der Waals surface area contributed by atoms with E-state index >= 15 is 0 Å². The highest BCUT2D eigenvalue weighted by atomic mass is 16.5. The van der Waals surface area contributed by atoms with Gasteiger partial charge in [0.25, 0.3) is 0 Å². The maximum Gasteiger partial charge on any atom is 0.235 e. The molecule has 1 amide bonds. The van der Waals surface area contributed by atoms with Crippen molar-refractivity contribution >= 4 is 12.8 Å². The molecule has 34 valence electrons. The van der Waals surface area contributed by atoms with E-state index in [9.17, 15) is 4.79 Å². The Hall–Kier alpha value is -0.860. The van der Waals surface area contributed by atoms with Crippen LogP contribution in [0.5, 0.6) is 0 Å². The Balaban J connectivity index is 2.94. The van der Waals surface area contributed by atoms with Gasteiger partial charge in [-0.3, -0.25) is 4.79 Å². The highest BCUT2D eigenvalue weighted by Crippen LogP contribution is 1.51. The van der Waals surface area contributed by atoms with Crippen molar-refractivity contribution in [2.45, 2.75) is 0 Å². The lowest BCUT2D eigenvalue weighted by Crippen LogP contribution is -1.74. The minimum absolute atomic E-state index is 0.406. The van der Waals surface area contributed by atoms with Crippen molar-refractivity contribution in [1.29, 1.82) is 0 Å². The number of rotatable bonds is 2. The van der Waals surface area contributed by atoms with Crippen molar-refractivity contribution in [3.63, 3.8) is 0 Å². The summed E-state index contributed by atoms with van der Waals surface area (Å²) in [6.45, 7) is 0. The van der Waals surface area contributed by atoms with Crippen molar-refractivity contribution in [2.24, 2.45) is 4.99 Å². The number of hydrogen-bond acceptors (Lipinski definition) is 2. The first-order chi connectivity index (χ1) is 2.91. The van der Waals surface area contributed by atoms with E-state index < -0.39 is 0 Å². The van der Waals surface area contributed by atoms with Crippen LogP contribution in [0.3, 0.4) is 0 Å². The molecular weight excluding hydrogens is 82.0 g/mol. The second kappa shape index (κ2) is 4.14. The summed E-state index contributed by atoms with van der Waals surface area (Å²) in [6.07, 6.45) is 1.47. The van der Waals surface area contributed by atoms with Crippen LogP contribution in [0.25, 0.3) is 0 Å². The van der Waals surface area contributed by atoms with E-state index in [4.69, 9.17) is 0 Å². The van der Waals surface area contributed by atoms with Crippen molar-refractivity contribution in [2.75, 3.05) is 7.11 Å². The van der Waals surface area contributed by atoms with Gasteiger partial charge in [-0.15, -0.1) is 0 Å². The molecular formula is C3H5NO2. The van der Waals surface area contributed by atoms with Crippen LogP contribution in [0, 0.1) is 0 Å². The zero-order chi connectivity index (χ0) is 4.83. The van der Waals surface area contributed by atoms with Crippen LogP contribution in [0.1, 0.15) is 0 Å². The maximum absolute atomic E-state index is 9.29. The molecule has 3 nitrogen and oxygen atoms in total. The van der Waals surface area contributed by atoms with E-state index in [1.807, 2.05) is 0 Å². The van der Waals surface area contributed by atoms with Gasteiger partial charge < -0.3 is 4.74 Å². The van der Waals surface area contributed by atoms with Gasteiger partial charge in [0.1, 0.15) is 0 Å². The lowest BCUT2D eigenvalue weighted by molar-refractivity contribution is -0.106. The first kappa shape index (κ1) is 5.14. The molecule has 3 heteroatoms. The van der Waals surface area contributed by atoms with E-state index in [0.29, 0.717) is 6.41 Å². The number of nitrogens with zero attached hydrogens (tertiary/aromatic N) is 1. The number of carbonyl (C=O) groups excluding carboxylic acids is 1. The number of ether oxygens (including phenoxy) is 1. The van der Waals surface area contributed by atoms with Crippen molar-refractivity contribution < 1.29 is 9.53 Å². The average molecular weight is 87.1 g/mol. The van der Waals surface area contributed by atoms with Crippen LogP contribution >= 0.6 is 0 Å². The summed E-state index contributed by atoms with van der Waals surface area (Å²) in [6, 6.07) is 0. The predicted octanol–water partition coefficient (Wildman–Crippen LogP) is -0.183. The maximum atomic E-state index is 9.29. The molecule has 0 saturated heterocycles. The van der Waals surface area contributed by atoms with Crippen molar-refractivity contribution in [1.82, 2.24) is 0 Å². The Kier molecular flexibility index (Phi) is 3.55. The molecule has 0 aromatic carbocycles. The predicted molar refractivity (Wildman–Crippen MR) is 21.6 cm³/mol. The number of hydrogen-bond donors (Lipinski definition) is 0. The summed E-state index contributed by atoms with van der Waals surface area (Å²) in [5, 5.41) is 0. The van der Waals surface area contributed by atoms with Crippen molar-refractivity contribution in [3.05, 3.63) is 0 Å². The molecule has 0 atom stereocenters. The summed E-state index contributed by atoms with van der Waals surface area (Å²) in [5.41, 5.74) is 0. The van der Waals surface area contributed by atoms with Gasteiger partial charge in [0.15, 0.2) is 6.40 Å². The zero-order valence-corrected chi connectivity index (χ0v) is 3.42. The van der Waals surface area contributed by atoms with Gasteiger partial charge in [0, 0.05) is 0 Å². The average Bonchev–Trinajstić information content (AvgIpc) is 1.61. The Morgan fingerprint density at radius 3 is 2.67 bits per heavy atom. The fourth-order valence-electron chi connectivity index (χ4n) is 0.0857. The topological polar surface area (TPSA) is 38.7 Å². The van der Waals surface area contributed by atoms with Gasteiger partial charge >= 0.3 is 0 Å². The number of carbonyl (C=O) groups is 1. The lowest BCUT2D eigenvalue weighted by atomic mass is 11.3. The Bertz CT molecular complexity index is 59.8. The lowest BCUT2D eigenvalue weighted by Gasteiger charge is -1.75. The van der Waals surface area contributed by atoms with Gasteiger partial charge in [-0.05, 0) is 0 Å². The van der Waals surface area contributed by atoms with Crippen LogP contribution < -0.4 is 0 Å². The SMILES string of the molecule is COC=NC=O. The van der Waals surface area contributed by atoms with E-state index in [1.165, 1.54) is 7.11 Å². The highest BCUT2D eigenvalue weighted by molar-refractivity contribution is 5.63. The fraction of sp³-hybridized carbons (Fsp3) is 0.333. The molecule has 0 aliphatic heterocycles. The van der Waals surface area contributed by atoms with Gasteiger partial charge in [0.2, 0.25) is 6.41 Å². The van der Waals surface area contributed by atoms with Gasteiger partial charge in [-0.2, -0.15) is 4.99 Å². The third kappa shape index (κ3) is 3.14. The first-order valence-electron chi connectivity index (χ1n) is 1.40. The Labute approximate surface area is 35.6 Å². The monoisotopic (exact) mass is 87.0 g/mol. The second-order valence-corrected chi connectivity index (χ2v) is 0.596. The summed E-state index contributed by atoms with van der Waals surface area (Å²) in [7, 11) is 1.42. The third-order valence-electron chi connectivity index (χ3n) is 0.227. The van der Waals surface area contributed by atoms with E-state index in [-0.39, 0.29) is 0 Å². The highest BCUT2D eigenvalue weighted by Gasteiger charge is 1.55. The number of aliphatic imine (C=N–C) groups is 1. The molecule has 0 aliphatic rings. The Morgan fingerprint density at radius 2 is 2.50 bits per heavy atom. The standard InChI is InChI=1S/C3H5NO2/c1-6-3-4-2-5/h2-3H,1H3. The third-order valence-corrected chi connectivity index (χ3v) is 0.227. The molecule has 0 heterocycles. The molecule has 0 aromatic heterocycles. The Morgan fingerprint density at radius 1 is 1.83 bits per heavy atom. The summed E-state index contributed by atoms with van der Waals surface area (Å²) in [4.78, 5) is 12.3. The van der Waals surface area contributed by atoms with Crippen LogP contribution in [-0.4, -0.2) is 19.9 Å². The fourth-order valence-corrected chi connectivity index (χ4v) is 0.0857. The normalized spacial score (nSPS) is 8.83. The van der Waals surface area contributed by atoms with E-state index in [0.717, 1.165) is 6.40 Å². The molecule has 0 bridgehead atoms. The molecule has 0 aliphatic carbocycles. The summed E-state index contributed by atoms with van der Waals surface area (Å²) >= 11 is 0. The molecule has 0 saturated carbocycles. The van der Waals surface area contributed by atoms with Crippen LogP contribution in [0.2, 0.25) is 0 Å². The minimum atomic E-state index is 0.406. The van der Waals surface area contributed by atoms with E-state index in [2.05, 4.69) is 9.73 Å². The van der Waals surface area contributed by atoms with Crippen LogP contribution in [-0.2, 0) is 9.53 Å². The molecule has 0 fully saturated rings. The summed E-state index contributed by atoms with van der Waals surface area (Å²) in [5.74, 6) is 0. The summed E-state index contributed by atoms with van der Waals surface area (Å²) < 4.78 is 4.26. The largest absolute Gasteiger partial charge is 0.486 e. The zero-order valence-electron chi connectivity index (χ0n) is 3.42. The van der Waals surface area contributed by atoms with Gasteiger partial charge in [-0.1, -0.05) is 0 Å². The molecule has 0 rings (SSSR count). The number of amides is 1. The van der Waals surface area contributed by atoms with E-state index in [1.54, 1.807) is 0 Å². The molecule has 0 spiro atoms. The van der Waals surface area contributed by atoms with Crippen molar-refractivity contribution in [3.8, 4) is 0 Å². The molecule has 0 radical (unpaired) electrons. The van der Waals surface area contributed by atoms with Gasteiger partial charge in [-0.25, -0.2) is 0 Å². The molecule has 6 heavy (non-hydrogen) atoms. The first-order valence-corrected chi connectivity index (χ1v) is 1.40. The molecule has 0 N–H and O–H groups in total. The van der Waals surface area contributed by atoms with Crippen LogP contribution in [0.15, 0.2) is 4.99 Å². The quantitative estimate of drug-likeness (QED) is 0.266. The minimum Gasteiger partial charge on any atom is -0.486 e. The molecule has 0 unspecified atom stereocenters. The number of methoxy groups -OCH3 is 1. The molecule has 0 aromatic rings. The van der Waals surface area contributed by atoms with Crippen LogP contribution in [0.4, 0.5) is 0 Å². The smallest absolute Gasteiger partial charge is 0.235 e.